The standard InChI is InChI=1S/CH5N3.CH2O3.H3N/c2*2-1(3)4;/h(H5,2,3,4);(H2,2,3,4);1H3. The number of carboxylic acid groups (broad SMARTS) is 2. The molecule has 9 heavy (non-hydrogen) atoms. The van der Waals surface area contributed by atoms with Gasteiger partial charge in [0.25, 0.3) is 0 Å². The monoisotopic (exact) mass is 138 g/mol. The maximum Gasteiger partial charge on any atom is 0.503 e. The summed E-state index contributed by atoms with van der Waals surface area (Å²) in [5, 5.41) is 20.0. The highest BCUT2D eigenvalue weighted by Crippen LogP contribution is 1.42. The van der Waals surface area contributed by atoms with Gasteiger partial charge in [0.05, 0.1) is 0 Å². The van der Waals surface area contributed by atoms with Gasteiger partial charge in [0.1, 0.15) is 0 Å². The number of carbonyl (C=O) groups is 1. The average Bonchev–Trinajstić information content (AvgIpc) is 1.25. The number of guanidine groups is 1. The Bertz CT molecular complexity index is 71.8. The largest absolute Gasteiger partial charge is 0.503 e. The average molecular weight is 138 g/mol. The Morgan fingerprint density at radius 3 is 1.33 bits per heavy atom. The van der Waals surface area contributed by atoms with Crippen LogP contribution in [0.5, 0.6) is 0 Å². The zero-order valence-electron chi connectivity index (χ0n) is 4.66. The van der Waals surface area contributed by atoms with Gasteiger partial charge in [0, 0.05) is 0 Å². The van der Waals surface area contributed by atoms with Crippen molar-refractivity contribution in [2.45, 2.75) is 0 Å². The first-order valence-corrected chi connectivity index (χ1v) is 1.48. The molecule has 0 rings (SSSR count). The normalized spacial score (nSPS) is 5.33. The summed E-state index contributed by atoms with van der Waals surface area (Å²) in [6, 6.07) is 0. The Balaban J connectivity index is -0.0000000720. The predicted octanol–water partition coefficient (Wildman–Crippen LogP) is -0.777. The molecule has 0 fully saturated rings. The van der Waals surface area contributed by atoms with E-state index in [4.69, 9.17) is 20.4 Å². The Hall–Kier alpha value is -1.50. The molecule has 0 spiro atoms. The summed E-state index contributed by atoms with van der Waals surface area (Å²) in [7, 11) is 0. The highest BCUT2D eigenvalue weighted by Gasteiger charge is 1.70. The minimum absolute atomic E-state index is 0. The summed E-state index contributed by atoms with van der Waals surface area (Å²) in [4.78, 5) is 8.56. The van der Waals surface area contributed by atoms with Crippen LogP contribution in [0.4, 0.5) is 4.79 Å². The van der Waals surface area contributed by atoms with Crippen molar-refractivity contribution in [1.29, 1.82) is 5.41 Å². The van der Waals surface area contributed by atoms with Gasteiger partial charge in [-0.15, -0.1) is 0 Å². The summed E-state index contributed by atoms with van der Waals surface area (Å²) < 4.78 is 0. The number of nitrogens with one attached hydrogen (secondary N) is 1. The number of hydrogen-bond acceptors (Lipinski definition) is 3. The van der Waals surface area contributed by atoms with Crippen LogP contribution >= 0.6 is 0 Å². The van der Waals surface area contributed by atoms with E-state index >= 15 is 0 Å². The molecule has 0 saturated carbocycles. The van der Waals surface area contributed by atoms with E-state index < -0.39 is 6.16 Å². The maximum absolute atomic E-state index is 8.56. The zero-order chi connectivity index (χ0) is 7.15. The number of hydrogen-bond donors (Lipinski definition) is 6. The lowest BCUT2D eigenvalue weighted by Gasteiger charge is -1.69. The van der Waals surface area contributed by atoms with E-state index in [-0.39, 0.29) is 12.1 Å². The molecule has 7 heteroatoms. The minimum Gasteiger partial charge on any atom is -0.450 e. The lowest BCUT2D eigenvalue weighted by Crippen LogP contribution is -2.20. The first-order valence-electron chi connectivity index (χ1n) is 1.48. The van der Waals surface area contributed by atoms with Crippen LogP contribution < -0.4 is 17.6 Å². The molecule has 0 aromatic carbocycles. The molecule has 7 nitrogen and oxygen atoms in total. The molecule has 0 aliphatic heterocycles. The van der Waals surface area contributed by atoms with Gasteiger partial charge in [-0.05, 0) is 0 Å². The Morgan fingerprint density at radius 2 is 1.33 bits per heavy atom. The van der Waals surface area contributed by atoms with E-state index in [1.54, 1.807) is 0 Å². The Kier molecular flexibility index (Phi) is 16.9. The van der Waals surface area contributed by atoms with E-state index in [2.05, 4.69) is 11.5 Å². The summed E-state index contributed by atoms with van der Waals surface area (Å²) in [6.45, 7) is 0. The molecule has 0 radical (unpaired) electrons. The van der Waals surface area contributed by atoms with Crippen molar-refractivity contribution in [3.8, 4) is 0 Å². The molecule has 0 atom stereocenters. The predicted molar refractivity (Wildman–Crippen MR) is 31.8 cm³/mol. The van der Waals surface area contributed by atoms with Crippen LogP contribution in [0.1, 0.15) is 0 Å². The van der Waals surface area contributed by atoms with E-state index in [0.29, 0.717) is 0 Å². The Morgan fingerprint density at radius 1 is 1.33 bits per heavy atom. The summed E-state index contributed by atoms with van der Waals surface area (Å²) >= 11 is 0. The fraction of sp³-hybridized carbons (Fsp3) is 0. The quantitative estimate of drug-likeness (QED) is 0.189. The van der Waals surface area contributed by atoms with Crippen LogP contribution in [0.15, 0.2) is 0 Å². The van der Waals surface area contributed by atoms with Crippen LogP contribution in [-0.2, 0) is 0 Å². The van der Waals surface area contributed by atoms with Gasteiger partial charge < -0.3 is 27.8 Å². The van der Waals surface area contributed by atoms with Gasteiger partial charge in [0.2, 0.25) is 0 Å². The minimum atomic E-state index is -1.83. The smallest absolute Gasteiger partial charge is 0.450 e. The SMILES string of the molecule is N.N=C(N)N.O=C(O)O. The van der Waals surface area contributed by atoms with E-state index in [1.165, 1.54) is 0 Å². The summed E-state index contributed by atoms with van der Waals surface area (Å²) in [5.74, 6) is -0.333. The molecule has 0 aromatic rings. The van der Waals surface area contributed by atoms with Crippen molar-refractivity contribution in [3.05, 3.63) is 0 Å². The van der Waals surface area contributed by atoms with Crippen molar-refractivity contribution in [2.24, 2.45) is 11.5 Å². The van der Waals surface area contributed by atoms with E-state index in [0.717, 1.165) is 0 Å². The summed E-state index contributed by atoms with van der Waals surface area (Å²) in [5.41, 5.74) is 8.94. The van der Waals surface area contributed by atoms with Crippen molar-refractivity contribution < 1.29 is 15.0 Å². The van der Waals surface area contributed by atoms with Gasteiger partial charge in [-0.3, -0.25) is 5.41 Å². The van der Waals surface area contributed by atoms with Gasteiger partial charge in [-0.1, -0.05) is 0 Å². The maximum atomic E-state index is 8.56. The van der Waals surface area contributed by atoms with Crippen LogP contribution in [0.25, 0.3) is 0 Å². The second-order valence-corrected chi connectivity index (χ2v) is 0.738. The fourth-order valence-electron chi connectivity index (χ4n) is 0. The van der Waals surface area contributed by atoms with Crippen LogP contribution in [0.3, 0.4) is 0 Å². The highest BCUT2D eigenvalue weighted by molar-refractivity contribution is 5.71. The van der Waals surface area contributed by atoms with Crippen LogP contribution in [0.2, 0.25) is 0 Å². The first kappa shape index (κ1) is 15.6. The highest BCUT2D eigenvalue weighted by atomic mass is 16.6. The molecular weight excluding hydrogens is 128 g/mol. The molecule has 10 N–H and O–H groups in total. The molecule has 0 aliphatic carbocycles. The summed E-state index contributed by atoms with van der Waals surface area (Å²) in [6.07, 6.45) is -1.83. The van der Waals surface area contributed by atoms with Gasteiger partial charge in [0.15, 0.2) is 5.96 Å². The van der Waals surface area contributed by atoms with Gasteiger partial charge in [-0.25, -0.2) is 4.79 Å². The third kappa shape index (κ3) is 58.5. The molecule has 0 aliphatic rings. The molecule has 56 valence electrons. The van der Waals surface area contributed by atoms with E-state index in [1.807, 2.05) is 0 Å². The van der Waals surface area contributed by atoms with Crippen molar-refractivity contribution >= 4 is 12.1 Å². The van der Waals surface area contributed by atoms with Crippen molar-refractivity contribution in [3.63, 3.8) is 0 Å². The molecule has 0 saturated heterocycles. The molecule has 0 bridgehead atoms. The molecular formula is C2H10N4O3. The third-order valence-electron chi connectivity index (χ3n) is 0. The van der Waals surface area contributed by atoms with Crippen LogP contribution in [0, 0.1) is 5.41 Å². The Labute approximate surface area is 51.4 Å². The van der Waals surface area contributed by atoms with Crippen LogP contribution in [-0.4, -0.2) is 22.3 Å². The first-order chi connectivity index (χ1) is 3.46. The zero-order valence-corrected chi connectivity index (χ0v) is 4.66. The van der Waals surface area contributed by atoms with E-state index in [9.17, 15) is 0 Å². The lowest BCUT2D eigenvalue weighted by molar-refractivity contribution is 0.137. The molecule has 0 amide bonds. The molecule has 0 heterocycles. The van der Waals surface area contributed by atoms with Crippen molar-refractivity contribution in [1.82, 2.24) is 6.15 Å². The molecule has 0 unspecified atom stereocenters. The van der Waals surface area contributed by atoms with Gasteiger partial charge in [-0.2, -0.15) is 0 Å². The second-order valence-electron chi connectivity index (χ2n) is 0.738. The lowest BCUT2D eigenvalue weighted by atomic mass is 11.1. The van der Waals surface area contributed by atoms with Gasteiger partial charge >= 0.3 is 6.16 Å². The number of rotatable bonds is 0. The topological polar surface area (TPSA) is 168 Å². The van der Waals surface area contributed by atoms with Crippen molar-refractivity contribution in [2.75, 3.05) is 0 Å². The molecule has 0 aromatic heterocycles. The number of nitrogens with two attached hydrogens (primary N) is 2. The fourth-order valence-corrected chi connectivity index (χ4v) is 0. The third-order valence-corrected chi connectivity index (χ3v) is 0. The second kappa shape index (κ2) is 9.71.